The van der Waals surface area contributed by atoms with Gasteiger partial charge in [-0.15, -0.1) is 0 Å². The predicted molar refractivity (Wildman–Crippen MR) is 59.3 cm³/mol. The van der Waals surface area contributed by atoms with E-state index in [-0.39, 0.29) is 0 Å². The molecule has 0 bridgehead atoms. The standard InChI is InChI=1S/C10H16N4O2/c11-13-7-1-2-12-8(3-7)4-14-5-9(15)10(16)6-14/h1-3,9-10,15-16H,4-6,11H2,(H,12,13). The van der Waals surface area contributed by atoms with E-state index >= 15 is 0 Å². The molecule has 1 aliphatic rings. The van der Waals surface area contributed by atoms with Gasteiger partial charge in [0, 0.05) is 25.8 Å². The lowest BCUT2D eigenvalue weighted by Crippen LogP contribution is -2.22. The van der Waals surface area contributed by atoms with Crippen molar-refractivity contribution in [3.05, 3.63) is 24.0 Å². The van der Waals surface area contributed by atoms with Crippen LogP contribution in [0.3, 0.4) is 0 Å². The van der Waals surface area contributed by atoms with Crippen molar-refractivity contribution in [3.63, 3.8) is 0 Å². The monoisotopic (exact) mass is 224 g/mol. The van der Waals surface area contributed by atoms with E-state index in [4.69, 9.17) is 5.84 Å². The number of β-amino-alcohol motifs (C(OH)–C–C–N with tert-alkyl or cyclic N) is 2. The number of anilines is 1. The van der Waals surface area contributed by atoms with Crippen LogP contribution in [0.1, 0.15) is 5.69 Å². The molecule has 1 saturated heterocycles. The Morgan fingerprint density at radius 2 is 2.12 bits per heavy atom. The van der Waals surface area contributed by atoms with Gasteiger partial charge in [0.1, 0.15) is 0 Å². The van der Waals surface area contributed by atoms with Crippen LogP contribution in [0.4, 0.5) is 5.69 Å². The first-order chi connectivity index (χ1) is 7.69. The van der Waals surface area contributed by atoms with Crippen molar-refractivity contribution in [2.24, 2.45) is 5.84 Å². The molecule has 0 aromatic carbocycles. The lowest BCUT2D eigenvalue weighted by molar-refractivity contribution is 0.0572. The maximum absolute atomic E-state index is 9.40. The second-order valence-corrected chi connectivity index (χ2v) is 4.01. The van der Waals surface area contributed by atoms with Gasteiger partial charge in [-0.3, -0.25) is 15.7 Å². The van der Waals surface area contributed by atoms with Crippen molar-refractivity contribution >= 4 is 5.69 Å². The number of hydrogen-bond acceptors (Lipinski definition) is 6. The molecule has 0 saturated carbocycles. The van der Waals surface area contributed by atoms with Gasteiger partial charge in [0.05, 0.1) is 23.6 Å². The number of nitrogens with one attached hydrogen (secondary N) is 1. The minimum Gasteiger partial charge on any atom is -0.389 e. The van der Waals surface area contributed by atoms with Gasteiger partial charge in [-0.25, -0.2) is 0 Å². The van der Waals surface area contributed by atoms with Crippen LogP contribution in [-0.4, -0.2) is 45.4 Å². The summed E-state index contributed by atoms with van der Waals surface area (Å²) in [4.78, 5) is 6.16. The molecule has 0 aliphatic carbocycles. The van der Waals surface area contributed by atoms with Crippen LogP contribution in [0.5, 0.6) is 0 Å². The molecule has 6 nitrogen and oxygen atoms in total. The quantitative estimate of drug-likeness (QED) is 0.385. The zero-order valence-electron chi connectivity index (χ0n) is 8.87. The first kappa shape index (κ1) is 11.3. The number of likely N-dealkylation sites (tertiary alicyclic amines) is 1. The zero-order valence-corrected chi connectivity index (χ0v) is 8.87. The molecule has 2 atom stereocenters. The molecular weight excluding hydrogens is 208 g/mol. The second-order valence-electron chi connectivity index (χ2n) is 4.01. The minimum absolute atomic E-state index is 0.475. The lowest BCUT2D eigenvalue weighted by atomic mass is 10.3. The normalized spacial score (nSPS) is 25.9. The third-order valence-corrected chi connectivity index (χ3v) is 2.70. The highest BCUT2D eigenvalue weighted by atomic mass is 16.3. The van der Waals surface area contributed by atoms with Crippen LogP contribution in [0, 0.1) is 0 Å². The Bertz CT molecular complexity index is 350. The average molecular weight is 224 g/mol. The first-order valence-electron chi connectivity index (χ1n) is 5.19. The number of nitrogens with zero attached hydrogens (tertiary/aromatic N) is 2. The molecule has 0 radical (unpaired) electrons. The molecule has 0 spiro atoms. The van der Waals surface area contributed by atoms with Gasteiger partial charge in [-0.2, -0.15) is 0 Å². The topological polar surface area (TPSA) is 94.6 Å². The molecule has 2 rings (SSSR count). The number of rotatable bonds is 3. The average Bonchev–Trinajstić information content (AvgIpc) is 2.58. The molecule has 1 fully saturated rings. The minimum atomic E-state index is -0.657. The van der Waals surface area contributed by atoms with Crippen molar-refractivity contribution in [1.82, 2.24) is 9.88 Å². The van der Waals surface area contributed by atoms with Crippen LogP contribution >= 0.6 is 0 Å². The molecule has 0 amide bonds. The Balaban J connectivity index is 1.99. The number of aliphatic hydroxyl groups is 2. The summed E-state index contributed by atoms with van der Waals surface area (Å²) < 4.78 is 0. The maximum atomic E-state index is 9.40. The Labute approximate surface area is 93.7 Å². The molecule has 2 unspecified atom stereocenters. The van der Waals surface area contributed by atoms with E-state index in [0.717, 1.165) is 11.4 Å². The number of aliphatic hydroxyl groups excluding tert-OH is 2. The van der Waals surface area contributed by atoms with Crippen LogP contribution in [0.15, 0.2) is 18.3 Å². The summed E-state index contributed by atoms with van der Waals surface area (Å²) in [5.74, 6) is 5.30. The third kappa shape index (κ3) is 2.48. The summed E-state index contributed by atoms with van der Waals surface area (Å²) >= 11 is 0. The number of nitrogens with two attached hydrogens (primary N) is 1. The van der Waals surface area contributed by atoms with E-state index in [9.17, 15) is 10.2 Å². The molecule has 5 N–H and O–H groups in total. The molecule has 1 aromatic heterocycles. The highest BCUT2D eigenvalue weighted by molar-refractivity contribution is 5.41. The summed E-state index contributed by atoms with van der Waals surface area (Å²) in [7, 11) is 0. The van der Waals surface area contributed by atoms with E-state index < -0.39 is 12.2 Å². The SMILES string of the molecule is NNc1ccnc(CN2CC(O)C(O)C2)c1. The number of aromatic nitrogens is 1. The van der Waals surface area contributed by atoms with Gasteiger partial charge in [0.25, 0.3) is 0 Å². The van der Waals surface area contributed by atoms with Gasteiger partial charge >= 0.3 is 0 Å². The van der Waals surface area contributed by atoms with Crippen molar-refractivity contribution in [3.8, 4) is 0 Å². The third-order valence-electron chi connectivity index (χ3n) is 2.70. The fraction of sp³-hybridized carbons (Fsp3) is 0.500. The molecule has 1 aliphatic heterocycles. The number of pyridine rings is 1. The van der Waals surface area contributed by atoms with Gasteiger partial charge in [0.2, 0.25) is 0 Å². The molecule has 6 heteroatoms. The molecule has 88 valence electrons. The molecule has 2 heterocycles. The van der Waals surface area contributed by atoms with Gasteiger partial charge < -0.3 is 15.6 Å². The molecule has 1 aromatic rings. The van der Waals surface area contributed by atoms with Gasteiger partial charge in [-0.1, -0.05) is 0 Å². The number of hydrazine groups is 1. The number of hydrogen-bond donors (Lipinski definition) is 4. The smallest absolute Gasteiger partial charge is 0.0938 e. The first-order valence-corrected chi connectivity index (χ1v) is 5.19. The van der Waals surface area contributed by atoms with Crippen molar-refractivity contribution in [2.45, 2.75) is 18.8 Å². The highest BCUT2D eigenvalue weighted by Gasteiger charge is 2.29. The van der Waals surface area contributed by atoms with Crippen molar-refractivity contribution in [2.75, 3.05) is 18.5 Å². The van der Waals surface area contributed by atoms with E-state index in [1.54, 1.807) is 12.3 Å². The van der Waals surface area contributed by atoms with Crippen LogP contribution < -0.4 is 11.3 Å². The Morgan fingerprint density at radius 1 is 1.44 bits per heavy atom. The summed E-state index contributed by atoms with van der Waals surface area (Å²) in [6.07, 6.45) is 0.361. The molecular formula is C10H16N4O2. The fourth-order valence-electron chi connectivity index (χ4n) is 1.86. The summed E-state index contributed by atoms with van der Waals surface area (Å²) in [6.45, 7) is 1.55. The predicted octanol–water partition coefficient (Wildman–Crippen LogP) is -1.10. The van der Waals surface area contributed by atoms with Gasteiger partial charge in [0.15, 0.2) is 0 Å². The lowest BCUT2D eigenvalue weighted by Gasteiger charge is -2.14. The van der Waals surface area contributed by atoms with E-state index in [2.05, 4.69) is 10.4 Å². The van der Waals surface area contributed by atoms with Crippen LogP contribution in [0.2, 0.25) is 0 Å². The fourth-order valence-corrected chi connectivity index (χ4v) is 1.86. The Morgan fingerprint density at radius 3 is 2.75 bits per heavy atom. The Hall–Kier alpha value is -1.21. The maximum Gasteiger partial charge on any atom is 0.0938 e. The second kappa shape index (κ2) is 4.75. The van der Waals surface area contributed by atoms with E-state index in [1.807, 2.05) is 11.0 Å². The van der Waals surface area contributed by atoms with Crippen LogP contribution in [-0.2, 0) is 6.54 Å². The largest absolute Gasteiger partial charge is 0.389 e. The summed E-state index contributed by atoms with van der Waals surface area (Å²) in [6, 6.07) is 3.62. The highest BCUT2D eigenvalue weighted by Crippen LogP contribution is 2.14. The van der Waals surface area contributed by atoms with Crippen molar-refractivity contribution < 1.29 is 10.2 Å². The Kier molecular flexibility index (Phi) is 3.35. The van der Waals surface area contributed by atoms with Crippen LogP contribution in [0.25, 0.3) is 0 Å². The summed E-state index contributed by atoms with van der Waals surface area (Å²) in [5, 5.41) is 18.8. The summed E-state index contributed by atoms with van der Waals surface area (Å²) in [5.41, 5.74) is 4.21. The van der Waals surface area contributed by atoms with Crippen molar-refractivity contribution in [1.29, 1.82) is 0 Å². The van der Waals surface area contributed by atoms with E-state index in [0.29, 0.717) is 19.6 Å². The van der Waals surface area contributed by atoms with E-state index in [1.165, 1.54) is 0 Å². The number of nitrogen functional groups attached to an aromatic ring is 1. The molecule has 16 heavy (non-hydrogen) atoms. The zero-order chi connectivity index (χ0) is 11.5. The van der Waals surface area contributed by atoms with Gasteiger partial charge in [-0.05, 0) is 12.1 Å².